The summed E-state index contributed by atoms with van der Waals surface area (Å²) in [6.07, 6.45) is 13.0. The fourth-order valence-corrected chi connectivity index (χ4v) is 8.76. The highest BCUT2D eigenvalue weighted by Crippen LogP contribution is 2.28. The van der Waals surface area contributed by atoms with Gasteiger partial charge in [0.25, 0.3) is 0 Å². The van der Waals surface area contributed by atoms with E-state index in [-0.39, 0.29) is 0 Å². The molecule has 1 rings (SSSR count). The summed E-state index contributed by atoms with van der Waals surface area (Å²) in [6, 6.07) is 13.4. The molecule has 0 N–H and O–H groups in total. The van der Waals surface area contributed by atoms with Crippen LogP contribution < -0.4 is 4.90 Å². The van der Waals surface area contributed by atoms with Crippen molar-refractivity contribution < 1.29 is 0 Å². The molecule has 1 aromatic carbocycles. The minimum absolute atomic E-state index is 1.17. The van der Waals surface area contributed by atoms with Gasteiger partial charge in [0.15, 0.2) is 0 Å². The normalized spacial score (nSPS) is 11.2. The summed E-state index contributed by atoms with van der Waals surface area (Å²) < 4.78 is 0. The molecule has 0 unspecified atom stereocenters. The van der Waals surface area contributed by atoms with Gasteiger partial charge in [0.1, 0.15) is 8.07 Å². The number of unbranched alkanes of at least 4 members (excludes halogenated alkanes) is 5. The summed E-state index contributed by atoms with van der Waals surface area (Å²) in [4.78, 5) is 2.56. The van der Waals surface area contributed by atoms with Crippen LogP contribution >= 0.6 is 0 Å². The summed E-state index contributed by atoms with van der Waals surface area (Å²) in [7, 11) is -1.48. The van der Waals surface area contributed by atoms with Gasteiger partial charge in [-0.25, -0.2) is 0 Å². The fourth-order valence-electron chi connectivity index (χ4n) is 4.14. The van der Waals surface area contributed by atoms with Crippen LogP contribution in [0.2, 0.25) is 18.1 Å². The lowest BCUT2D eigenvalue weighted by Crippen LogP contribution is -2.32. The van der Waals surface area contributed by atoms with E-state index in [1.165, 1.54) is 107 Å². The zero-order valence-electron chi connectivity index (χ0n) is 20.9. The molecule has 0 heterocycles. The second-order valence-electron chi connectivity index (χ2n) is 9.08. The van der Waals surface area contributed by atoms with E-state index in [9.17, 15) is 0 Å². The summed E-state index contributed by atoms with van der Waals surface area (Å²) in [5, 5.41) is 0. The maximum atomic E-state index is 3.95. The first kappa shape index (κ1) is 26.8. The van der Waals surface area contributed by atoms with Gasteiger partial charge < -0.3 is 4.90 Å². The molecule has 0 atom stereocenters. The lowest BCUT2D eigenvalue weighted by molar-refractivity contribution is 0.678. The molecular weight excluding hydrogens is 378 g/mol. The molecule has 0 saturated carbocycles. The van der Waals surface area contributed by atoms with Gasteiger partial charge in [-0.2, -0.15) is 0 Å². The minimum Gasteiger partial charge on any atom is -0.372 e. The van der Waals surface area contributed by atoms with Crippen LogP contribution in [0.15, 0.2) is 24.3 Å². The topological polar surface area (TPSA) is 3.24 Å². The van der Waals surface area contributed by atoms with Crippen LogP contribution in [0.25, 0.3) is 0 Å². The number of anilines is 1. The van der Waals surface area contributed by atoms with E-state index in [4.69, 9.17) is 0 Å². The molecule has 0 aromatic heterocycles. The Morgan fingerprint density at radius 2 is 1.07 bits per heavy atom. The lowest BCUT2D eigenvalue weighted by Gasteiger charge is -2.26. The van der Waals surface area contributed by atoms with Crippen LogP contribution in [-0.2, 0) is 0 Å². The average molecular weight is 428 g/mol. The number of hydrogen-bond donors (Lipinski definition) is 0. The zero-order valence-corrected chi connectivity index (χ0v) is 21.9. The SMILES string of the molecule is CCCCN(CCCC)c1ccc(C#C[Si](CCCC)(CCCC)CCCC)cc1. The van der Waals surface area contributed by atoms with Crippen molar-refractivity contribution in [2.24, 2.45) is 0 Å². The van der Waals surface area contributed by atoms with Gasteiger partial charge in [-0.3, -0.25) is 0 Å². The van der Waals surface area contributed by atoms with Crippen molar-refractivity contribution in [3.05, 3.63) is 29.8 Å². The predicted octanol–water partition coefficient (Wildman–Crippen LogP) is 8.83. The highest BCUT2D eigenvalue weighted by Gasteiger charge is 2.29. The number of nitrogens with zero attached hydrogens (tertiary/aromatic N) is 1. The minimum atomic E-state index is -1.48. The second kappa shape index (κ2) is 16.5. The third kappa shape index (κ3) is 10.2. The number of rotatable bonds is 16. The first-order valence-electron chi connectivity index (χ1n) is 13.0. The Bertz CT molecular complexity index is 566. The Balaban J connectivity index is 3.00. The highest BCUT2D eigenvalue weighted by molar-refractivity contribution is 6.87. The molecule has 0 aliphatic heterocycles. The number of hydrogen-bond acceptors (Lipinski definition) is 1. The average Bonchev–Trinajstić information content (AvgIpc) is 2.78. The Labute approximate surface area is 190 Å². The summed E-state index contributed by atoms with van der Waals surface area (Å²) >= 11 is 0. The van der Waals surface area contributed by atoms with Crippen molar-refractivity contribution in [1.29, 1.82) is 0 Å². The first-order valence-corrected chi connectivity index (χ1v) is 15.6. The molecule has 0 spiro atoms. The van der Waals surface area contributed by atoms with Crippen molar-refractivity contribution in [3.63, 3.8) is 0 Å². The van der Waals surface area contributed by atoms with E-state index in [0.717, 1.165) is 0 Å². The predicted molar refractivity (Wildman–Crippen MR) is 140 cm³/mol. The van der Waals surface area contributed by atoms with E-state index in [1.54, 1.807) is 0 Å². The monoisotopic (exact) mass is 427 g/mol. The maximum absolute atomic E-state index is 3.95. The standard InChI is InChI=1S/C28H49NSi/c1-6-11-21-29(22-12-7-2)28-18-16-27(17-19-28)20-26-30(23-13-8-3,24-14-9-4)25-15-10-5/h16-19H,6-15,21-25H2,1-5H3. The van der Waals surface area contributed by atoms with Gasteiger partial charge in [0.2, 0.25) is 0 Å². The van der Waals surface area contributed by atoms with Crippen LogP contribution in [0, 0.1) is 11.5 Å². The molecule has 0 fully saturated rings. The molecule has 170 valence electrons. The lowest BCUT2D eigenvalue weighted by atomic mass is 10.2. The van der Waals surface area contributed by atoms with Crippen molar-refractivity contribution in [1.82, 2.24) is 0 Å². The van der Waals surface area contributed by atoms with Crippen molar-refractivity contribution in [2.45, 2.75) is 117 Å². The van der Waals surface area contributed by atoms with E-state index in [0.29, 0.717) is 0 Å². The van der Waals surface area contributed by atoms with Gasteiger partial charge in [-0.05, 0) is 55.2 Å². The molecule has 30 heavy (non-hydrogen) atoms. The van der Waals surface area contributed by atoms with Gasteiger partial charge in [-0.1, -0.05) is 91.9 Å². The molecule has 2 heteroatoms. The first-order chi connectivity index (χ1) is 14.6. The molecule has 1 aromatic rings. The maximum Gasteiger partial charge on any atom is 0.138 e. The molecular formula is C28H49NSi. The number of benzene rings is 1. The molecule has 0 bridgehead atoms. The third-order valence-corrected chi connectivity index (χ3v) is 10.9. The highest BCUT2D eigenvalue weighted by atomic mass is 28.3. The quantitative estimate of drug-likeness (QED) is 0.188. The van der Waals surface area contributed by atoms with E-state index < -0.39 is 8.07 Å². The smallest absolute Gasteiger partial charge is 0.138 e. The summed E-state index contributed by atoms with van der Waals surface area (Å²) in [5.74, 6) is 3.66. The Morgan fingerprint density at radius 3 is 1.47 bits per heavy atom. The zero-order chi connectivity index (χ0) is 22.1. The molecule has 0 aliphatic rings. The van der Waals surface area contributed by atoms with Crippen LogP contribution in [0.1, 0.15) is 104 Å². The van der Waals surface area contributed by atoms with Gasteiger partial charge in [0, 0.05) is 24.3 Å². The van der Waals surface area contributed by atoms with Crippen LogP contribution in [-0.4, -0.2) is 21.2 Å². The third-order valence-electron chi connectivity index (χ3n) is 6.29. The van der Waals surface area contributed by atoms with Crippen LogP contribution in [0.4, 0.5) is 5.69 Å². The van der Waals surface area contributed by atoms with E-state index in [2.05, 4.69) is 75.2 Å². The summed E-state index contributed by atoms with van der Waals surface area (Å²) in [6.45, 7) is 13.9. The van der Waals surface area contributed by atoms with Crippen LogP contribution in [0.3, 0.4) is 0 Å². The molecule has 1 nitrogen and oxygen atoms in total. The summed E-state index contributed by atoms with van der Waals surface area (Å²) in [5.41, 5.74) is 6.53. The van der Waals surface area contributed by atoms with Crippen molar-refractivity contribution >= 4 is 13.8 Å². The van der Waals surface area contributed by atoms with Crippen molar-refractivity contribution in [3.8, 4) is 11.5 Å². The van der Waals surface area contributed by atoms with E-state index >= 15 is 0 Å². The van der Waals surface area contributed by atoms with Gasteiger partial charge in [-0.15, -0.1) is 5.54 Å². The molecule has 0 saturated heterocycles. The molecule has 0 aliphatic carbocycles. The van der Waals surface area contributed by atoms with Gasteiger partial charge in [0.05, 0.1) is 0 Å². The molecule has 0 radical (unpaired) electrons. The Morgan fingerprint density at radius 1 is 0.633 bits per heavy atom. The molecule has 0 amide bonds. The van der Waals surface area contributed by atoms with Crippen molar-refractivity contribution in [2.75, 3.05) is 18.0 Å². The largest absolute Gasteiger partial charge is 0.372 e. The Hall–Kier alpha value is -1.20. The fraction of sp³-hybridized carbons (Fsp3) is 0.714. The van der Waals surface area contributed by atoms with Gasteiger partial charge >= 0.3 is 0 Å². The Kier molecular flexibility index (Phi) is 14.7. The van der Waals surface area contributed by atoms with E-state index in [1.807, 2.05) is 0 Å². The second-order valence-corrected chi connectivity index (χ2v) is 13.4. The van der Waals surface area contributed by atoms with Crippen LogP contribution in [0.5, 0.6) is 0 Å².